The Bertz CT molecular complexity index is 486. The molecule has 0 spiro atoms. The van der Waals surface area contributed by atoms with E-state index in [1.165, 1.54) is 38.5 Å². The highest BCUT2D eigenvalue weighted by molar-refractivity contribution is 5.57. The molecular weight excluding hydrogens is 263 g/mol. The van der Waals surface area contributed by atoms with Crippen LogP contribution in [0, 0.1) is 11.7 Å². The molecule has 0 aromatic heterocycles. The summed E-state index contributed by atoms with van der Waals surface area (Å²) in [6.45, 7) is 3.12. The van der Waals surface area contributed by atoms with Crippen molar-refractivity contribution in [1.82, 2.24) is 5.32 Å². The van der Waals surface area contributed by atoms with Gasteiger partial charge in [-0.2, -0.15) is 0 Å². The van der Waals surface area contributed by atoms with E-state index in [1.54, 1.807) is 6.07 Å². The monoisotopic (exact) mass is 290 g/mol. The molecule has 3 atom stereocenters. The second kappa shape index (κ2) is 6.35. The molecule has 2 fully saturated rings. The highest BCUT2D eigenvalue weighted by atomic mass is 19.1. The summed E-state index contributed by atoms with van der Waals surface area (Å²) >= 11 is 0. The standard InChI is InChI=1S/C18H27FN2/c1-13(20-2)18-15(19)9-5-11-17(18)21-12-6-8-14-7-3-4-10-16(14)21/h5,9,11,13-14,16,20H,3-4,6-8,10,12H2,1-2H3. The topological polar surface area (TPSA) is 15.3 Å². The smallest absolute Gasteiger partial charge is 0.130 e. The van der Waals surface area contributed by atoms with E-state index >= 15 is 0 Å². The van der Waals surface area contributed by atoms with Crippen LogP contribution in [0.3, 0.4) is 0 Å². The predicted octanol–water partition coefficient (Wildman–Crippen LogP) is 4.27. The average Bonchev–Trinajstić information content (AvgIpc) is 2.53. The first-order valence-corrected chi connectivity index (χ1v) is 8.44. The lowest BCUT2D eigenvalue weighted by atomic mass is 9.78. The second-order valence-corrected chi connectivity index (χ2v) is 6.63. The summed E-state index contributed by atoms with van der Waals surface area (Å²) in [7, 11) is 1.90. The van der Waals surface area contributed by atoms with Crippen LogP contribution in [0.1, 0.15) is 57.1 Å². The van der Waals surface area contributed by atoms with Gasteiger partial charge in [-0.1, -0.05) is 18.9 Å². The lowest BCUT2D eigenvalue weighted by Gasteiger charge is -2.46. The van der Waals surface area contributed by atoms with Gasteiger partial charge in [0.1, 0.15) is 5.82 Å². The lowest BCUT2D eigenvalue weighted by molar-refractivity contribution is 0.243. The number of halogens is 1. The van der Waals surface area contributed by atoms with Crippen molar-refractivity contribution in [3.05, 3.63) is 29.6 Å². The third-order valence-electron chi connectivity index (χ3n) is 5.45. The Hall–Kier alpha value is -1.09. The largest absolute Gasteiger partial charge is 0.368 e. The summed E-state index contributed by atoms with van der Waals surface area (Å²) < 4.78 is 14.4. The van der Waals surface area contributed by atoms with Crippen LogP contribution in [0.15, 0.2) is 18.2 Å². The third kappa shape index (κ3) is 2.80. The van der Waals surface area contributed by atoms with E-state index < -0.39 is 0 Å². The molecule has 2 aliphatic rings. The molecule has 0 radical (unpaired) electrons. The number of piperidine rings is 1. The minimum Gasteiger partial charge on any atom is -0.368 e. The van der Waals surface area contributed by atoms with Gasteiger partial charge in [0.05, 0.1) is 0 Å². The Balaban J connectivity index is 1.97. The molecule has 1 aliphatic heterocycles. The van der Waals surface area contributed by atoms with Gasteiger partial charge in [0.15, 0.2) is 0 Å². The number of nitrogens with one attached hydrogen (secondary N) is 1. The van der Waals surface area contributed by atoms with Crippen molar-refractivity contribution in [1.29, 1.82) is 0 Å². The Kier molecular flexibility index (Phi) is 4.48. The van der Waals surface area contributed by atoms with Crippen molar-refractivity contribution in [2.24, 2.45) is 5.92 Å². The first-order valence-electron chi connectivity index (χ1n) is 8.44. The quantitative estimate of drug-likeness (QED) is 0.894. The molecule has 1 aromatic rings. The summed E-state index contributed by atoms with van der Waals surface area (Å²) in [6.07, 6.45) is 7.92. The molecule has 2 nitrogen and oxygen atoms in total. The van der Waals surface area contributed by atoms with Crippen molar-refractivity contribution in [2.75, 3.05) is 18.5 Å². The molecule has 0 bridgehead atoms. The van der Waals surface area contributed by atoms with E-state index in [0.29, 0.717) is 6.04 Å². The van der Waals surface area contributed by atoms with Gasteiger partial charge in [-0.05, 0) is 57.7 Å². The van der Waals surface area contributed by atoms with Crippen LogP contribution in [-0.4, -0.2) is 19.6 Å². The van der Waals surface area contributed by atoms with Crippen molar-refractivity contribution < 1.29 is 4.39 Å². The van der Waals surface area contributed by atoms with Crippen molar-refractivity contribution in [3.8, 4) is 0 Å². The van der Waals surface area contributed by atoms with Crippen LogP contribution < -0.4 is 10.2 Å². The van der Waals surface area contributed by atoms with Gasteiger partial charge in [0.25, 0.3) is 0 Å². The fourth-order valence-corrected chi connectivity index (χ4v) is 4.27. The number of hydrogen-bond acceptors (Lipinski definition) is 2. The first-order chi connectivity index (χ1) is 10.2. The highest BCUT2D eigenvalue weighted by Gasteiger charge is 2.34. The van der Waals surface area contributed by atoms with Crippen LogP contribution in [0.4, 0.5) is 10.1 Å². The predicted molar refractivity (Wildman–Crippen MR) is 86.2 cm³/mol. The second-order valence-electron chi connectivity index (χ2n) is 6.63. The van der Waals surface area contributed by atoms with Crippen LogP contribution in [0.5, 0.6) is 0 Å². The number of benzene rings is 1. The summed E-state index contributed by atoms with van der Waals surface area (Å²) in [5, 5.41) is 3.21. The molecule has 1 N–H and O–H groups in total. The SMILES string of the molecule is CNC(C)c1c(F)cccc1N1CCCC2CCCCC21. The Morgan fingerprint density at radius 2 is 1.95 bits per heavy atom. The zero-order valence-electron chi connectivity index (χ0n) is 13.2. The fourth-order valence-electron chi connectivity index (χ4n) is 4.27. The molecular formula is C18H27FN2. The molecule has 3 unspecified atom stereocenters. The van der Waals surface area contributed by atoms with Gasteiger partial charge in [-0.25, -0.2) is 4.39 Å². The minimum absolute atomic E-state index is 0.0465. The van der Waals surface area contributed by atoms with Gasteiger partial charge < -0.3 is 10.2 Å². The molecule has 3 rings (SSSR count). The van der Waals surface area contributed by atoms with E-state index in [2.05, 4.69) is 16.3 Å². The number of hydrogen-bond donors (Lipinski definition) is 1. The van der Waals surface area contributed by atoms with Crippen LogP contribution in [-0.2, 0) is 0 Å². The maximum atomic E-state index is 14.4. The van der Waals surface area contributed by atoms with Crippen molar-refractivity contribution in [3.63, 3.8) is 0 Å². The van der Waals surface area contributed by atoms with Crippen LogP contribution >= 0.6 is 0 Å². The van der Waals surface area contributed by atoms with Crippen LogP contribution in [0.25, 0.3) is 0 Å². The minimum atomic E-state index is -0.0766. The van der Waals surface area contributed by atoms with E-state index in [-0.39, 0.29) is 11.9 Å². The summed E-state index contributed by atoms with van der Waals surface area (Å²) in [6, 6.07) is 6.24. The maximum absolute atomic E-state index is 14.4. The number of rotatable bonds is 3. The van der Waals surface area contributed by atoms with Gasteiger partial charge in [0.2, 0.25) is 0 Å². The first kappa shape index (κ1) is 14.8. The summed E-state index contributed by atoms with van der Waals surface area (Å²) in [5.74, 6) is 0.737. The fraction of sp³-hybridized carbons (Fsp3) is 0.667. The molecule has 0 amide bonds. The Labute approximate surface area is 127 Å². The molecule has 1 saturated carbocycles. The van der Waals surface area contributed by atoms with Crippen LogP contribution in [0.2, 0.25) is 0 Å². The molecule has 21 heavy (non-hydrogen) atoms. The van der Waals surface area contributed by atoms with E-state index in [9.17, 15) is 4.39 Å². The molecule has 1 aromatic carbocycles. The lowest BCUT2D eigenvalue weighted by Crippen LogP contribution is -2.47. The zero-order chi connectivity index (χ0) is 14.8. The molecule has 1 heterocycles. The van der Waals surface area contributed by atoms with E-state index in [1.807, 2.05) is 20.0 Å². The number of nitrogens with zero attached hydrogens (tertiary/aromatic N) is 1. The number of anilines is 1. The molecule has 1 aliphatic carbocycles. The number of fused-ring (bicyclic) bond motifs is 1. The molecule has 1 saturated heterocycles. The van der Waals surface area contributed by atoms with E-state index in [4.69, 9.17) is 0 Å². The zero-order valence-corrected chi connectivity index (χ0v) is 13.2. The van der Waals surface area contributed by atoms with E-state index in [0.717, 1.165) is 23.7 Å². The Morgan fingerprint density at radius 1 is 1.19 bits per heavy atom. The highest BCUT2D eigenvalue weighted by Crippen LogP contribution is 2.40. The third-order valence-corrected chi connectivity index (χ3v) is 5.45. The summed E-state index contributed by atoms with van der Waals surface area (Å²) in [4.78, 5) is 2.51. The van der Waals surface area contributed by atoms with Gasteiger partial charge >= 0.3 is 0 Å². The summed E-state index contributed by atoms with van der Waals surface area (Å²) in [5.41, 5.74) is 1.96. The average molecular weight is 290 g/mol. The van der Waals surface area contributed by atoms with Crippen molar-refractivity contribution >= 4 is 5.69 Å². The molecule has 3 heteroatoms. The maximum Gasteiger partial charge on any atom is 0.130 e. The van der Waals surface area contributed by atoms with Gasteiger partial charge in [0, 0.05) is 29.9 Å². The van der Waals surface area contributed by atoms with Gasteiger partial charge in [-0.3, -0.25) is 0 Å². The molecule has 116 valence electrons. The Morgan fingerprint density at radius 3 is 2.76 bits per heavy atom. The normalized spacial score (nSPS) is 27.3. The van der Waals surface area contributed by atoms with Gasteiger partial charge in [-0.15, -0.1) is 0 Å². The van der Waals surface area contributed by atoms with Crippen molar-refractivity contribution in [2.45, 2.75) is 57.5 Å².